The Morgan fingerprint density at radius 3 is 2.94 bits per heavy atom. The Bertz CT molecular complexity index is 406. The molecule has 1 amide bonds. The number of carbonyl (C=O) groups is 1. The Hall–Kier alpha value is -1.55. The van der Waals surface area contributed by atoms with Crippen LogP contribution in [0.25, 0.3) is 0 Å². The van der Waals surface area contributed by atoms with Crippen LogP contribution in [0.15, 0.2) is 30.3 Å². The summed E-state index contributed by atoms with van der Waals surface area (Å²) in [5, 5.41) is 0. The van der Waals surface area contributed by atoms with Gasteiger partial charge in [0.15, 0.2) is 0 Å². The second-order valence-corrected chi connectivity index (χ2v) is 4.49. The van der Waals surface area contributed by atoms with Crippen molar-refractivity contribution in [3.8, 4) is 0 Å². The largest absolute Gasteiger partial charge is 0.445 e. The molecule has 0 saturated carbocycles. The van der Waals surface area contributed by atoms with E-state index in [9.17, 15) is 4.79 Å². The summed E-state index contributed by atoms with van der Waals surface area (Å²) >= 11 is 0. The fourth-order valence-electron chi connectivity index (χ4n) is 2.16. The molecule has 1 aromatic rings. The molecule has 2 aliphatic rings. The highest BCUT2D eigenvalue weighted by Crippen LogP contribution is 2.30. The molecule has 0 unspecified atom stereocenters. The summed E-state index contributed by atoms with van der Waals surface area (Å²) in [6, 6.07) is 9.72. The van der Waals surface area contributed by atoms with E-state index >= 15 is 0 Å². The molecule has 1 aromatic carbocycles. The van der Waals surface area contributed by atoms with Crippen LogP contribution in [0.3, 0.4) is 0 Å². The molecule has 0 aliphatic carbocycles. The second-order valence-electron chi connectivity index (χ2n) is 4.49. The number of ether oxygens (including phenoxy) is 2. The predicted molar refractivity (Wildman–Crippen MR) is 61.5 cm³/mol. The molecule has 90 valence electrons. The molecule has 2 heterocycles. The summed E-state index contributed by atoms with van der Waals surface area (Å²) in [6.07, 6.45) is 1.36. The average Bonchev–Trinajstić information content (AvgIpc) is 3.15. The third-order valence-electron chi connectivity index (χ3n) is 3.23. The van der Waals surface area contributed by atoms with Crippen LogP contribution in [0, 0.1) is 0 Å². The Morgan fingerprint density at radius 1 is 1.35 bits per heavy atom. The molecule has 0 radical (unpaired) electrons. The van der Waals surface area contributed by atoms with Gasteiger partial charge in [-0.3, -0.25) is 0 Å². The van der Waals surface area contributed by atoms with Gasteiger partial charge in [0.1, 0.15) is 12.7 Å². The number of piperidine rings is 1. The van der Waals surface area contributed by atoms with Gasteiger partial charge in [-0.15, -0.1) is 0 Å². The number of rotatable bonds is 2. The lowest BCUT2D eigenvalue weighted by Crippen LogP contribution is -2.39. The molecular weight excluding hydrogens is 218 g/mol. The highest BCUT2D eigenvalue weighted by atomic mass is 16.6. The lowest BCUT2D eigenvalue weighted by Gasteiger charge is -2.23. The Kier molecular flexibility index (Phi) is 2.73. The van der Waals surface area contributed by atoms with Gasteiger partial charge in [-0.2, -0.15) is 0 Å². The van der Waals surface area contributed by atoms with Crippen molar-refractivity contribution in [3.05, 3.63) is 35.9 Å². The zero-order valence-corrected chi connectivity index (χ0v) is 9.54. The van der Waals surface area contributed by atoms with Crippen molar-refractivity contribution >= 4 is 6.09 Å². The molecule has 17 heavy (non-hydrogen) atoms. The molecule has 0 aromatic heterocycles. The zero-order valence-electron chi connectivity index (χ0n) is 9.54. The van der Waals surface area contributed by atoms with Crippen molar-refractivity contribution in [1.29, 1.82) is 0 Å². The third-order valence-corrected chi connectivity index (χ3v) is 3.23. The number of epoxide rings is 1. The van der Waals surface area contributed by atoms with Crippen LogP contribution < -0.4 is 0 Å². The maximum absolute atomic E-state index is 11.8. The van der Waals surface area contributed by atoms with Gasteiger partial charge in [-0.05, 0) is 12.0 Å². The summed E-state index contributed by atoms with van der Waals surface area (Å²) in [5.41, 5.74) is 1.01. The van der Waals surface area contributed by atoms with Crippen LogP contribution in [-0.2, 0) is 16.1 Å². The topological polar surface area (TPSA) is 42.1 Å². The first-order valence-electron chi connectivity index (χ1n) is 5.94. The SMILES string of the molecule is O=C(OCc1ccccc1)N1CC[C@H]2O[C@H]2C1. The normalized spacial score (nSPS) is 26.2. The van der Waals surface area contributed by atoms with Crippen molar-refractivity contribution in [3.63, 3.8) is 0 Å². The van der Waals surface area contributed by atoms with Gasteiger partial charge in [-0.25, -0.2) is 4.79 Å². The zero-order chi connectivity index (χ0) is 11.7. The lowest BCUT2D eigenvalue weighted by atomic mass is 10.1. The van der Waals surface area contributed by atoms with E-state index in [4.69, 9.17) is 9.47 Å². The Labute approximate surface area is 100 Å². The smallest absolute Gasteiger partial charge is 0.410 e. The number of fused-ring (bicyclic) bond motifs is 1. The first kappa shape index (κ1) is 10.6. The van der Waals surface area contributed by atoms with Crippen molar-refractivity contribution in [2.75, 3.05) is 13.1 Å². The summed E-state index contributed by atoms with van der Waals surface area (Å²) in [6.45, 7) is 1.76. The predicted octanol–water partition coefficient (Wildman–Crippen LogP) is 1.80. The molecule has 2 saturated heterocycles. The van der Waals surface area contributed by atoms with Gasteiger partial charge in [-0.1, -0.05) is 30.3 Å². The van der Waals surface area contributed by atoms with Gasteiger partial charge >= 0.3 is 6.09 Å². The van der Waals surface area contributed by atoms with E-state index in [1.165, 1.54) is 0 Å². The van der Waals surface area contributed by atoms with Crippen LogP contribution in [0.4, 0.5) is 4.79 Å². The molecule has 4 nitrogen and oxygen atoms in total. The molecule has 4 heteroatoms. The minimum absolute atomic E-state index is 0.234. The molecule has 2 atom stereocenters. The highest BCUT2D eigenvalue weighted by molar-refractivity contribution is 5.68. The molecule has 0 N–H and O–H groups in total. The van der Waals surface area contributed by atoms with Crippen LogP contribution in [0.5, 0.6) is 0 Å². The molecule has 0 bridgehead atoms. The number of carbonyl (C=O) groups excluding carboxylic acids is 1. The fraction of sp³-hybridized carbons (Fsp3) is 0.462. The van der Waals surface area contributed by atoms with Gasteiger partial charge in [0.25, 0.3) is 0 Å². The third kappa shape index (κ3) is 2.42. The van der Waals surface area contributed by atoms with Crippen LogP contribution >= 0.6 is 0 Å². The van der Waals surface area contributed by atoms with Crippen molar-refractivity contribution < 1.29 is 14.3 Å². The number of nitrogens with zero attached hydrogens (tertiary/aromatic N) is 1. The summed E-state index contributed by atoms with van der Waals surface area (Å²) in [7, 11) is 0. The van der Waals surface area contributed by atoms with E-state index in [0.717, 1.165) is 18.5 Å². The van der Waals surface area contributed by atoms with E-state index in [-0.39, 0.29) is 12.2 Å². The number of likely N-dealkylation sites (tertiary alicyclic amines) is 1. The lowest BCUT2D eigenvalue weighted by molar-refractivity contribution is 0.0921. The number of amides is 1. The van der Waals surface area contributed by atoms with E-state index in [1.807, 2.05) is 30.3 Å². The van der Waals surface area contributed by atoms with Crippen molar-refractivity contribution in [2.24, 2.45) is 0 Å². The van der Waals surface area contributed by atoms with Crippen LogP contribution in [0.2, 0.25) is 0 Å². The number of hydrogen-bond donors (Lipinski definition) is 0. The summed E-state index contributed by atoms with van der Waals surface area (Å²) in [5.74, 6) is 0. The summed E-state index contributed by atoms with van der Waals surface area (Å²) in [4.78, 5) is 13.5. The van der Waals surface area contributed by atoms with Gasteiger partial charge in [0, 0.05) is 6.54 Å². The quantitative estimate of drug-likeness (QED) is 0.731. The molecule has 3 rings (SSSR count). The van der Waals surface area contributed by atoms with Gasteiger partial charge < -0.3 is 14.4 Å². The minimum atomic E-state index is -0.234. The standard InChI is InChI=1S/C13H15NO3/c15-13(14-7-6-11-12(8-14)17-11)16-9-10-4-2-1-3-5-10/h1-5,11-12H,6-9H2/t11-,12+/m1/s1. The summed E-state index contributed by atoms with van der Waals surface area (Å²) < 4.78 is 10.6. The van der Waals surface area contributed by atoms with Crippen molar-refractivity contribution in [1.82, 2.24) is 4.90 Å². The Morgan fingerprint density at radius 2 is 2.18 bits per heavy atom. The molecule has 2 fully saturated rings. The number of benzene rings is 1. The first-order chi connectivity index (χ1) is 8.33. The van der Waals surface area contributed by atoms with E-state index in [1.54, 1.807) is 4.90 Å². The highest BCUT2D eigenvalue weighted by Gasteiger charge is 2.44. The average molecular weight is 233 g/mol. The van der Waals surface area contributed by atoms with Crippen LogP contribution in [-0.4, -0.2) is 36.3 Å². The second kappa shape index (κ2) is 4.37. The molecule has 2 aliphatic heterocycles. The first-order valence-corrected chi connectivity index (χ1v) is 5.94. The maximum atomic E-state index is 11.8. The van der Waals surface area contributed by atoms with E-state index < -0.39 is 0 Å². The van der Waals surface area contributed by atoms with Crippen LogP contribution in [0.1, 0.15) is 12.0 Å². The van der Waals surface area contributed by atoms with E-state index in [0.29, 0.717) is 19.3 Å². The Balaban J connectivity index is 1.50. The number of hydrogen-bond acceptors (Lipinski definition) is 3. The molecule has 0 spiro atoms. The van der Waals surface area contributed by atoms with Gasteiger partial charge in [0.2, 0.25) is 0 Å². The maximum Gasteiger partial charge on any atom is 0.410 e. The van der Waals surface area contributed by atoms with Gasteiger partial charge in [0.05, 0.1) is 12.6 Å². The van der Waals surface area contributed by atoms with E-state index in [2.05, 4.69) is 0 Å². The minimum Gasteiger partial charge on any atom is -0.445 e. The van der Waals surface area contributed by atoms with Crippen molar-refractivity contribution in [2.45, 2.75) is 25.2 Å². The molecular formula is C13H15NO3. The monoisotopic (exact) mass is 233 g/mol. The fourth-order valence-corrected chi connectivity index (χ4v) is 2.16.